The summed E-state index contributed by atoms with van der Waals surface area (Å²) in [5, 5.41) is 8.55. The van der Waals surface area contributed by atoms with Crippen molar-refractivity contribution in [1.82, 2.24) is 24.8 Å². The van der Waals surface area contributed by atoms with E-state index in [-0.39, 0.29) is 60.0 Å². The summed E-state index contributed by atoms with van der Waals surface area (Å²) >= 11 is 0. The van der Waals surface area contributed by atoms with E-state index in [4.69, 9.17) is 4.74 Å². The van der Waals surface area contributed by atoms with Gasteiger partial charge in [-0.3, -0.25) is 23.9 Å². The maximum atomic E-state index is 13.8. The fourth-order valence-corrected chi connectivity index (χ4v) is 5.34. The molecule has 2 fully saturated rings. The smallest absolute Gasteiger partial charge is 0.401 e. The number of carbonyl (C=O) groups is 2. The molecule has 3 aliphatic rings. The second kappa shape index (κ2) is 9.26. The lowest BCUT2D eigenvalue weighted by molar-refractivity contribution is -0.156. The van der Waals surface area contributed by atoms with Crippen molar-refractivity contribution in [3.8, 4) is 5.75 Å². The van der Waals surface area contributed by atoms with Gasteiger partial charge in [-0.1, -0.05) is 0 Å². The SMILES string of the molecule is COc1c(NC(=O)C2CC2)ncnc1Nc1cc(C)c2n(c1=O)C1(CCN(CC(F)(F)F)C(C)C1)NC2=O. The zero-order valence-corrected chi connectivity index (χ0v) is 21.1. The molecule has 1 aliphatic carbocycles. The van der Waals surface area contributed by atoms with Gasteiger partial charge in [-0.15, -0.1) is 0 Å². The number of rotatable bonds is 6. The van der Waals surface area contributed by atoms with Crippen LogP contribution < -0.4 is 26.2 Å². The zero-order valence-electron chi connectivity index (χ0n) is 21.1. The molecule has 0 radical (unpaired) electrons. The van der Waals surface area contributed by atoms with Crippen molar-refractivity contribution in [1.29, 1.82) is 0 Å². The number of aryl methyl sites for hydroxylation is 1. The van der Waals surface area contributed by atoms with Crippen molar-refractivity contribution in [3.05, 3.63) is 34.0 Å². The number of hydrogen-bond acceptors (Lipinski definition) is 8. The first kappa shape index (κ1) is 25.9. The quantitative estimate of drug-likeness (QED) is 0.515. The van der Waals surface area contributed by atoms with Crippen LogP contribution in [0, 0.1) is 12.8 Å². The Morgan fingerprint density at radius 3 is 2.61 bits per heavy atom. The van der Waals surface area contributed by atoms with E-state index in [1.165, 1.54) is 29.0 Å². The molecule has 1 spiro atoms. The fourth-order valence-electron chi connectivity index (χ4n) is 5.34. The molecule has 2 atom stereocenters. The van der Waals surface area contributed by atoms with Crippen molar-refractivity contribution in [2.75, 3.05) is 30.8 Å². The number of nitrogens with one attached hydrogen (secondary N) is 3. The normalized spacial score (nSPS) is 23.2. The van der Waals surface area contributed by atoms with Gasteiger partial charge in [0.2, 0.25) is 11.7 Å². The number of nitrogens with zero attached hydrogens (tertiary/aromatic N) is 4. The number of amides is 2. The number of piperidine rings is 1. The summed E-state index contributed by atoms with van der Waals surface area (Å²) in [6, 6.07) is 0.971. The van der Waals surface area contributed by atoms with E-state index < -0.39 is 35.9 Å². The highest BCUT2D eigenvalue weighted by molar-refractivity contribution is 5.97. The van der Waals surface area contributed by atoms with Gasteiger partial charge < -0.3 is 20.7 Å². The second-order valence-corrected chi connectivity index (χ2v) is 10.1. The van der Waals surface area contributed by atoms with Crippen LogP contribution in [-0.2, 0) is 10.5 Å². The van der Waals surface area contributed by atoms with Gasteiger partial charge in [0.15, 0.2) is 11.6 Å². The molecule has 38 heavy (non-hydrogen) atoms. The third-order valence-corrected chi connectivity index (χ3v) is 7.28. The predicted octanol–water partition coefficient (Wildman–Crippen LogP) is 2.49. The molecule has 0 bridgehead atoms. The fraction of sp³-hybridized carbons (Fsp3) is 0.542. The van der Waals surface area contributed by atoms with Gasteiger partial charge in [0.1, 0.15) is 23.4 Å². The van der Waals surface area contributed by atoms with Crippen molar-refractivity contribution < 1.29 is 27.5 Å². The summed E-state index contributed by atoms with van der Waals surface area (Å²) in [7, 11) is 1.38. The van der Waals surface area contributed by atoms with Gasteiger partial charge in [-0.05, 0) is 38.3 Å². The Balaban J connectivity index is 1.49. The summed E-state index contributed by atoms with van der Waals surface area (Å²) in [5.74, 6) is -0.293. The Bertz CT molecular complexity index is 1360. The van der Waals surface area contributed by atoms with Crippen LogP contribution in [0.3, 0.4) is 0 Å². The Kier molecular flexibility index (Phi) is 6.32. The molecule has 0 aromatic carbocycles. The third kappa shape index (κ3) is 4.68. The molecule has 2 aromatic heterocycles. The molecular formula is C24H28F3N7O4. The van der Waals surface area contributed by atoms with Gasteiger partial charge >= 0.3 is 6.18 Å². The van der Waals surface area contributed by atoms with Crippen LogP contribution >= 0.6 is 0 Å². The van der Waals surface area contributed by atoms with Crippen molar-refractivity contribution in [3.63, 3.8) is 0 Å². The lowest BCUT2D eigenvalue weighted by Gasteiger charge is -2.44. The van der Waals surface area contributed by atoms with Crippen LogP contribution in [-0.4, -0.2) is 63.7 Å². The van der Waals surface area contributed by atoms with Gasteiger partial charge in [0.05, 0.1) is 13.7 Å². The van der Waals surface area contributed by atoms with E-state index in [1.807, 2.05) is 0 Å². The van der Waals surface area contributed by atoms with E-state index >= 15 is 0 Å². The summed E-state index contributed by atoms with van der Waals surface area (Å²) < 4.78 is 45.9. The van der Waals surface area contributed by atoms with Gasteiger partial charge in [-0.25, -0.2) is 9.97 Å². The maximum absolute atomic E-state index is 13.8. The topological polar surface area (TPSA) is 130 Å². The summed E-state index contributed by atoms with van der Waals surface area (Å²) in [6.45, 7) is 2.32. The number of carbonyl (C=O) groups excluding carboxylic acids is 2. The molecule has 3 N–H and O–H groups in total. The average Bonchev–Trinajstić information content (AvgIpc) is 3.64. The largest absolute Gasteiger partial charge is 0.490 e. The zero-order chi connectivity index (χ0) is 27.4. The number of pyridine rings is 1. The van der Waals surface area contributed by atoms with Crippen LogP contribution in [0.4, 0.5) is 30.5 Å². The highest BCUT2D eigenvalue weighted by atomic mass is 19.4. The summed E-state index contributed by atoms with van der Waals surface area (Å²) in [4.78, 5) is 48.5. The Labute approximate surface area is 215 Å². The number of fused-ring (bicyclic) bond motifs is 2. The maximum Gasteiger partial charge on any atom is 0.401 e. The number of anilines is 3. The first-order valence-corrected chi connectivity index (χ1v) is 12.3. The van der Waals surface area contributed by atoms with Crippen molar-refractivity contribution in [2.45, 2.75) is 57.4 Å². The predicted molar refractivity (Wildman–Crippen MR) is 130 cm³/mol. The van der Waals surface area contributed by atoms with Crippen molar-refractivity contribution in [2.24, 2.45) is 5.92 Å². The highest BCUT2D eigenvalue weighted by Gasteiger charge is 2.49. The number of alkyl halides is 3. The van der Waals surface area contributed by atoms with Gasteiger partial charge in [-0.2, -0.15) is 13.2 Å². The summed E-state index contributed by atoms with van der Waals surface area (Å²) in [6.07, 6.45) is -1.28. The minimum atomic E-state index is -4.35. The molecule has 2 aromatic rings. The average molecular weight is 536 g/mol. The number of aromatic nitrogens is 3. The minimum Gasteiger partial charge on any atom is -0.490 e. The van der Waals surface area contributed by atoms with E-state index in [9.17, 15) is 27.6 Å². The molecule has 2 aliphatic heterocycles. The molecule has 14 heteroatoms. The second-order valence-electron chi connectivity index (χ2n) is 10.1. The van der Waals surface area contributed by atoms with Gasteiger partial charge in [0.25, 0.3) is 11.5 Å². The van der Waals surface area contributed by atoms with E-state index in [1.54, 1.807) is 13.8 Å². The van der Waals surface area contributed by atoms with E-state index in [2.05, 4.69) is 25.9 Å². The monoisotopic (exact) mass is 535 g/mol. The first-order valence-electron chi connectivity index (χ1n) is 12.3. The third-order valence-electron chi connectivity index (χ3n) is 7.28. The molecule has 4 heterocycles. The van der Waals surface area contributed by atoms with Crippen LogP contribution in [0.5, 0.6) is 5.75 Å². The molecule has 2 unspecified atom stereocenters. The highest BCUT2D eigenvalue weighted by Crippen LogP contribution is 2.38. The van der Waals surface area contributed by atoms with Crippen LogP contribution in [0.15, 0.2) is 17.2 Å². The van der Waals surface area contributed by atoms with Crippen LogP contribution in [0.1, 0.15) is 48.7 Å². The summed E-state index contributed by atoms with van der Waals surface area (Å²) in [5.41, 5.74) is -0.938. The lowest BCUT2D eigenvalue weighted by atomic mass is 9.91. The molecule has 2 amide bonds. The number of hydrogen-bond donors (Lipinski definition) is 3. The van der Waals surface area contributed by atoms with Gasteiger partial charge in [0, 0.05) is 31.3 Å². The number of halogens is 3. The molecule has 1 saturated carbocycles. The standard InChI is InChI=1S/C24H28F3N7O4/c1-12-8-15(30-18-17(38-3)19(29-11-28-18)31-20(35)14-4-5-14)22(37)34-16(12)21(36)32-23(34)6-7-33(13(2)9-23)10-24(25,26)27/h8,11,13-14H,4-7,9-10H2,1-3H3,(H,32,36)(H2,28,29,30,31,35). The molecular weight excluding hydrogens is 507 g/mol. The van der Waals surface area contributed by atoms with Crippen LogP contribution in [0.25, 0.3) is 0 Å². The Morgan fingerprint density at radius 2 is 1.97 bits per heavy atom. The van der Waals surface area contributed by atoms with Crippen LogP contribution in [0.2, 0.25) is 0 Å². The minimum absolute atomic E-state index is 0.0489. The molecule has 204 valence electrons. The lowest BCUT2D eigenvalue weighted by Crippen LogP contribution is -2.58. The van der Waals surface area contributed by atoms with E-state index in [0.717, 1.165) is 12.8 Å². The molecule has 11 nitrogen and oxygen atoms in total. The van der Waals surface area contributed by atoms with E-state index in [0.29, 0.717) is 5.56 Å². The molecule has 1 saturated heterocycles. The number of methoxy groups -OCH3 is 1. The van der Waals surface area contributed by atoms with Crippen molar-refractivity contribution >= 4 is 29.1 Å². The number of likely N-dealkylation sites (tertiary alicyclic amines) is 1. The first-order chi connectivity index (χ1) is 17.9. The Morgan fingerprint density at radius 1 is 1.26 bits per heavy atom. The number of ether oxygens (including phenoxy) is 1. The molecule has 5 rings (SSSR count). The Hall–Kier alpha value is -3.68.